The van der Waals surface area contributed by atoms with Crippen LogP contribution in [-0.4, -0.2) is 18.7 Å². The van der Waals surface area contributed by atoms with Crippen molar-refractivity contribution in [3.05, 3.63) is 65.5 Å². The fourth-order valence-electron chi connectivity index (χ4n) is 1.87. The number of nitrogens with one attached hydrogen (secondary N) is 1. The zero-order valence-corrected chi connectivity index (χ0v) is 13.0. The van der Waals surface area contributed by atoms with Gasteiger partial charge in [-0.25, -0.2) is 9.82 Å². The maximum atomic E-state index is 12.8. The number of carbonyl (C=O) groups is 1. The highest BCUT2D eigenvalue weighted by molar-refractivity contribution is 5.95. The summed E-state index contributed by atoms with van der Waals surface area (Å²) in [5, 5.41) is 3.93. The van der Waals surface area contributed by atoms with E-state index >= 15 is 0 Å². The molecule has 120 valence electrons. The third-order valence-electron chi connectivity index (χ3n) is 3.15. The molecule has 0 unspecified atom stereocenters. The Labute approximate surface area is 135 Å². The molecule has 4 nitrogen and oxygen atoms in total. The SMILES string of the molecule is CCCCOc1ccccc1/C=N\NC(=O)c1ccc(F)cc1. The van der Waals surface area contributed by atoms with Crippen molar-refractivity contribution in [2.24, 2.45) is 5.10 Å². The van der Waals surface area contributed by atoms with Crippen LogP contribution in [0.2, 0.25) is 0 Å². The quantitative estimate of drug-likeness (QED) is 0.480. The fourth-order valence-corrected chi connectivity index (χ4v) is 1.87. The van der Waals surface area contributed by atoms with Gasteiger partial charge in [-0.15, -0.1) is 0 Å². The lowest BCUT2D eigenvalue weighted by molar-refractivity contribution is 0.0955. The number of rotatable bonds is 7. The Kier molecular flexibility index (Phi) is 6.29. The average Bonchev–Trinajstić information content (AvgIpc) is 2.57. The van der Waals surface area contributed by atoms with Crippen molar-refractivity contribution in [1.29, 1.82) is 0 Å². The van der Waals surface area contributed by atoms with Crippen LogP contribution in [0, 0.1) is 5.82 Å². The smallest absolute Gasteiger partial charge is 0.271 e. The second-order valence-electron chi connectivity index (χ2n) is 4.95. The van der Waals surface area contributed by atoms with E-state index in [1.54, 1.807) is 0 Å². The van der Waals surface area contributed by atoms with Crippen molar-refractivity contribution in [2.45, 2.75) is 19.8 Å². The highest BCUT2D eigenvalue weighted by Crippen LogP contribution is 2.16. The summed E-state index contributed by atoms with van der Waals surface area (Å²) in [6.07, 6.45) is 3.57. The minimum absolute atomic E-state index is 0.344. The highest BCUT2D eigenvalue weighted by Gasteiger charge is 2.04. The van der Waals surface area contributed by atoms with Crippen molar-refractivity contribution in [3.8, 4) is 5.75 Å². The summed E-state index contributed by atoms with van der Waals surface area (Å²) >= 11 is 0. The van der Waals surface area contributed by atoms with Gasteiger partial charge in [0.15, 0.2) is 0 Å². The van der Waals surface area contributed by atoms with Gasteiger partial charge in [-0.3, -0.25) is 4.79 Å². The van der Waals surface area contributed by atoms with E-state index in [9.17, 15) is 9.18 Å². The molecule has 0 aromatic heterocycles. The van der Waals surface area contributed by atoms with Crippen LogP contribution in [0.15, 0.2) is 53.6 Å². The molecule has 2 aromatic carbocycles. The fraction of sp³-hybridized carbons (Fsp3) is 0.222. The molecular weight excluding hydrogens is 295 g/mol. The Morgan fingerprint density at radius 2 is 1.96 bits per heavy atom. The standard InChI is InChI=1S/C18H19FN2O2/c1-2-3-12-23-17-7-5-4-6-15(17)13-20-21-18(22)14-8-10-16(19)11-9-14/h4-11,13H,2-3,12H2,1H3,(H,21,22)/b20-13-. The van der Waals surface area contributed by atoms with Gasteiger partial charge in [0.25, 0.3) is 5.91 Å². The molecule has 23 heavy (non-hydrogen) atoms. The third kappa shape index (κ3) is 5.21. The number of ether oxygens (including phenoxy) is 1. The summed E-state index contributed by atoms with van der Waals surface area (Å²) < 4.78 is 18.5. The number of unbranched alkanes of at least 4 members (excludes halogenated alkanes) is 1. The number of para-hydroxylation sites is 1. The van der Waals surface area contributed by atoms with E-state index in [1.807, 2.05) is 24.3 Å². The van der Waals surface area contributed by atoms with E-state index in [-0.39, 0.29) is 5.82 Å². The lowest BCUT2D eigenvalue weighted by Crippen LogP contribution is -2.17. The summed E-state index contributed by atoms with van der Waals surface area (Å²) in [7, 11) is 0. The van der Waals surface area contributed by atoms with E-state index in [4.69, 9.17) is 4.74 Å². The summed E-state index contributed by atoms with van der Waals surface area (Å²) in [4.78, 5) is 11.9. The number of hydrogen-bond donors (Lipinski definition) is 1. The van der Waals surface area contributed by atoms with Crippen LogP contribution in [0.4, 0.5) is 4.39 Å². The molecule has 0 aliphatic carbocycles. The Balaban J connectivity index is 1.97. The number of carbonyl (C=O) groups excluding carboxylic acids is 1. The van der Waals surface area contributed by atoms with E-state index in [2.05, 4.69) is 17.5 Å². The van der Waals surface area contributed by atoms with Crippen LogP contribution >= 0.6 is 0 Å². The molecule has 0 atom stereocenters. The number of halogens is 1. The lowest BCUT2D eigenvalue weighted by Gasteiger charge is -2.08. The first-order valence-corrected chi connectivity index (χ1v) is 7.51. The van der Waals surface area contributed by atoms with Crippen molar-refractivity contribution in [3.63, 3.8) is 0 Å². The largest absolute Gasteiger partial charge is 0.493 e. The van der Waals surface area contributed by atoms with Gasteiger partial charge in [0.05, 0.1) is 12.8 Å². The minimum Gasteiger partial charge on any atom is -0.493 e. The Hall–Kier alpha value is -2.69. The molecule has 0 spiro atoms. The van der Waals surface area contributed by atoms with Crippen LogP contribution in [0.5, 0.6) is 5.75 Å². The molecule has 1 N–H and O–H groups in total. The molecule has 5 heteroatoms. The van der Waals surface area contributed by atoms with Crippen LogP contribution in [0.25, 0.3) is 0 Å². The van der Waals surface area contributed by atoms with Crippen molar-refractivity contribution >= 4 is 12.1 Å². The molecule has 2 rings (SSSR count). The minimum atomic E-state index is -0.398. The normalized spacial score (nSPS) is 10.7. The second-order valence-corrected chi connectivity index (χ2v) is 4.95. The number of nitrogens with zero attached hydrogens (tertiary/aromatic N) is 1. The second kappa shape index (κ2) is 8.68. The zero-order valence-electron chi connectivity index (χ0n) is 13.0. The van der Waals surface area contributed by atoms with Crippen LogP contribution in [0.1, 0.15) is 35.7 Å². The van der Waals surface area contributed by atoms with Gasteiger partial charge in [-0.1, -0.05) is 25.5 Å². The molecule has 2 aromatic rings. The maximum absolute atomic E-state index is 12.8. The van der Waals surface area contributed by atoms with Gasteiger partial charge in [0, 0.05) is 11.1 Å². The molecule has 1 amide bonds. The van der Waals surface area contributed by atoms with Crippen LogP contribution in [0.3, 0.4) is 0 Å². The Morgan fingerprint density at radius 1 is 1.22 bits per heavy atom. The average molecular weight is 314 g/mol. The first-order chi connectivity index (χ1) is 11.2. The molecule has 0 fully saturated rings. The number of hydrazone groups is 1. The van der Waals surface area contributed by atoms with Crippen molar-refractivity contribution in [1.82, 2.24) is 5.43 Å². The van der Waals surface area contributed by atoms with Gasteiger partial charge in [-0.05, 0) is 42.8 Å². The van der Waals surface area contributed by atoms with Crippen LogP contribution < -0.4 is 10.2 Å². The molecule has 0 bridgehead atoms. The first kappa shape index (κ1) is 16.7. The van der Waals surface area contributed by atoms with Crippen molar-refractivity contribution < 1.29 is 13.9 Å². The van der Waals surface area contributed by atoms with Gasteiger partial charge in [-0.2, -0.15) is 5.10 Å². The van der Waals surface area contributed by atoms with Gasteiger partial charge in [0.2, 0.25) is 0 Å². The molecular formula is C18H19FN2O2. The van der Waals surface area contributed by atoms with E-state index in [0.717, 1.165) is 24.2 Å². The van der Waals surface area contributed by atoms with E-state index in [1.165, 1.54) is 30.5 Å². The molecule has 0 saturated heterocycles. The van der Waals surface area contributed by atoms with E-state index < -0.39 is 5.91 Å². The number of amides is 1. The monoisotopic (exact) mass is 314 g/mol. The predicted molar refractivity (Wildman–Crippen MR) is 88.3 cm³/mol. The summed E-state index contributed by atoms with van der Waals surface area (Å²) in [5.74, 6) is -0.0606. The molecule has 0 aliphatic rings. The van der Waals surface area contributed by atoms with Crippen molar-refractivity contribution in [2.75, 3.05) is 6.61 Å². The maximum Gasteiger partial charge on any atom is 0.271 e. The van der Waals surface area contributed by atoms with Crippen LogP contribution in [-0.2, 0) is 0 Å². The van der Waals surface area contributed by atoms with Gasteiger partial charge < -0.3 is 4.74 Å². The van der Waals surface area contributed by atoms with E-state index in [0.29, 0.717) is 12.2 Å². The summed E-state index contributed by atoms with van der Waals surface area (Å²) in [5.41, 5.74) is 3.54. The Bertz CT molecular complexity index is 669. The summed E-state index contributed by atoms with van der Waals surface area (Å²) in [6, 6.07) is 12.7. The number of benzene rings is 2. The third-order valence-corrected chi connectivity index (χ3v) is 3.15. The van der Waals surface area contributed by atoms with Gasteiger partial charge >= 0.3 is 0 Å². The number of hydrogen-bond acceptors (Lipinski definition) is 3. The molecule has 0 heterocycles. The zero-order chi connectivity index (χ0) is 16.5. The predicted octanol–water partition coefficient (Wildman–Crippen LogP) is 3.77. The Morgan fingerprint density at radius 3 is 2.70 bits per heavy atom. The lowest BCUT2D eigenvalue weighted by atomic mass is 10.2. The topological polar surface area (TPSA) is 50.7 Å². The molecule has 0 saturated carbocycles. The highest BCUT2D eigenvalue weighted by atomic mass is 19.1. The van der Waals surface area contributed by atoms with Gasteiger partial charge in [0.1, 0.15) is 11.6 Å². The molecule has 0 radical (unpaired) electrons. The summed E-state index contributed by atoms with van der Waals surface area (Å²) in [6.45, 7) is 2.74. The first-order valence-electron chi connectivity index (χ1n) is 7.51. The molecule has 0 aliphatic heterocycles.